The SMILES string of the molecule is COC(=O)CCCCc1ccc(C(O)CCCC(F)(F)C(F)(F)F)cc1. The molecule has 0 aromatic heterocycles. The molecule has 148 valence electrons. The quantitative estimate of drug-likeness (QED) is 0.353. The first-order chi connectivity index (χ1) is 12.1. The lowest BCUT2D eigenvalue weighted by Gasteiger charge is -2.20. The number of aliphatic hydroxyl groups excluding tert-OH is 1. The van der Waals surface area contributed by atoms with E-state index in [-0.39, 0.29) is 12.4 Å². The Morgan fingerprint density at radius 2 is 1.69 bits per heavy atom. The maximum Gasteiger partial charge on any atom is 0.453 e. The van der Waals surface area contributed by atoms with Crippen LogP contribution in [-0.4, -0.2) is 30.3 Å². The number of benzene rings is 1. The number of esters is 1. The van der Waals surface area contributed by atoms with Crippen molar-refractivity contribution in [1.82, 2.24) is 0 Å². The first kappa shape index (κ1) is 22.3. The molecule has 0 spiro atoms. The number of hydrogen-bond donors (Lipinski definition) is 1. The van der Waals surface area contributed by atoms with E-state index in [1.807, 2.05) is 0 Å². The monoisotopic (exact) mass is 382 g/mol. The summed E-state index contributed by atoms with van der Waals surface area (Å²) in [6, 6.07) is 6.78. The van der Waals surface area contributed by atoms with Crippen molar-refractivity contribution in [3.63, 3.8) is 0 Å². The summed E-state index contributed by atoms with van der Waals surface area (Å²) in [5, 5.41) is 9.94. The van der Waals surface area contributed by atoms with E-state index in [4.69, 9.17) is 0 Å². The highest BCUT2D eigenvalue weighted by Crippen LogP contribution is 2.39. The Kier molecular flexibility index (Phi) is 8.46. The minimum absolute atomic E-state index is 0.176. The number of aryl methyl sites for hydroxylation is 1. The lowest BCUT2D eigenvalue weighted by Crippen LogP contribution is -2.36. The molecule has 0 radical (unpaired) electrons. The zero-order valence-electron chi connectivity index (χ0n) is 14.5. The summed E-state index contributed by atoms with van der Waals surface area (Å²) < 4.78 is 66.4. The zero-order chi connectivity index (χ0) is 19.8. The molecule has 3 nitrogen and oxygen atoms in total. The maximum atomic E-state index is 12.8. The van der Waals surface area contributed by atoms with Gasteiger partial charge in [0.15, 0.2) is 0 Å². The zero-order valence-corrected chi connectivity index (χ0v) is 14.5. The number of alkyl halides is 5. The molecule has 1 aromatic carbocycles. The molecule has 8 heteroatoms. The van der Waals surface area contributed by atoms with Crippen LogP contribution < -0.4 is 0 Å². The molecule has 1 aromatic rings. The minimum Gasteiger partial charge on any atom is -0.469 e. The highest BCUT2D eigenvalue weighted by atomic mass is 19.4. The lowest BCUT2D eigenvalue weighted by atomic mass is 9.99. The highest BCUT2D eigenvalue weighted by Gasteiger charge is 2.56. The molecule has 0 saturated carbocycles. The lowest BCUT2D eigenvalue weighted by molar-refractivity contribution is -0.284. The van der Waals surface area contributed by atoms with Gasteiger partial charge in [-0.05, 0) is 43.2 Å². The van der Waals surface area contributed by atoms with Gasteiger partial charge in [-0.1, -0.05) is 24.3 Å². The van der Waals surface area contributed by atoms with E-state index in [0.29, 0.717) is 18.4 Å². The minimum atomic E-state index is -5.56. The van der Waals surface area contributed by atoms with Gasteiger partial charge in [0.2, 0.25) is 0 Å². The molecule has 0 heterocycles. The first-order valence-electron chi connectivity index (χ1n) is 8.35. The van der Waals surface area contributed by atoms with Crippen LogP contribution in [0.25, 0.3) is 0 Å². The molecule has 1 atom stereocenters. The third-order valence-corrected chi connectivity index (χ3v) is 4.07. The average molecular weight is 382 g/mol. The Morgan fingerprint density at radius 3 is 2.23 bits per heavy atom. The van der Waals surface area contributed by atoms with Gasteiger partial charge in [-0.15, -0.1) is 0 Å². The number of methoxy groups -OCH3 is 1. The van der Waals surface area contributed by atoms with Crippen LogP contribution in [0, 0.1) is 0 Å². The van der Waals surface area contributed by atoms with E-state index < -0.39 is 31.0 Å². The third-order valence-electron chi connectivity index (χ3n) is 4.07. The summed E-state index contributed by atoms with van der Waals surface area (Å²) in [5.41, 5.74) is 1.45. The van der Waals surface area contributed by atoms with Gasteiger partial charge in [0.05, 0.1) is 13.2 Å². The van der Waals surface area contributed by atoms with E-state index >= 15 is 0 Å². The molecule has 0 bridgehead atoms. The average Bonchev–Trinajstić information content (AvgIpc) is 2.57. The van der Waals surface area contributed by atoms with Crippen LogP contribution in [0.3, 0.4) is 0 Å². The predicted octanol–water partition coefficient (Wildman–Crippen LogP) is 4.97. The molecule has 1 rings (SSSR count). The van der Waals surface area contributed by atoms with Crippen molar-refractivity contribution >= 4 is 5.97 Å². The Bertz CT molecular complexity index is 555. The van der Waals surface area contributed by atoms with Crippen LogP contribution >= 0.6 is 0 Å². The van der Waals surface area contributed by atoms with Crippen molar-refractivity contribution in [3.8, 4) is 0 Å². The summed E-state index contributed by atoms with van der Waals surface area (Å²) in [7, 11) is 1.33. The van der Waals surface area contributed by atoms with Crippen molar-refractivity contribution in [3.05, 3.63) is 35.4 Å². The highest BCUT2D eigenvalue weighted by molar-refractivity contribution is 5.68. The first-order valence-corrected chi connectivity index (χ1v) is 8.35. The van der Waals surface area contributed by atoms with Gasteiger partial charge in [-0.25, -0.2) is 0 Å². The fraction of sp³-hybridized carbons (Fsp3) is 0.611. The summed E-state index contributed by atoms with van der Waals surface area (Å²) in [4.78, 5) is 11.0. The van der Waals surface area contributed by atoms with Gasteiger partial charge in [-0.3, -0.25) is 4.79 Å². The third kappa shape index (κ3) is 7.27. The Hall–Kier alpha value is -1.70. The van der Waals surface area contributed by atoms with Crippen LogP contribution in [0.15, 0.2) is 24.3 Å². The Morgan fingerprint density at radius 1 is 1.08 bits per heavy atom. The maximum absolute atomic E-state index is 12.8. The molecule has 1 N–H and O–H groups in total. The van der Waals surface area contributed by atoms with Gasteiger partial charge < -0.3 is 9.84 Å². The van der Waals surface area contributed by atoms with Crippen molar-refractivity contribution in [2.75, 3.05) is 7.11 Å². The molecule has 0 aliphatic carbocycles. The predicted molar refractivity (Wildman–Crippen MR) is 85.8 cm³/mol. The molecular formula is C18H23F5O3. The molecule has 1 unspecified atom stereocenters. The number of aliphatic hydroxyl groups is 1. The normalized spacial score (nSPS) is 13.5. The second-order valence-corrected chi connectivity index (χ2v) is 6.14. The Labute approximate surface area is 149 Å². The van der Waals surface area contributed by atoms with Crippen molar-refractivity contribution in [2.45, 2.75) is 63.1 Å². The second-order valence-electron chi connectivity index (χ2n) is 6.14. The topological polar surface area (TPSA) is 46.5 Å². The van der Waals surface area contributed by atoms with Crippen LogP contribution in [-0.2, 0) is 16.0 Å². The van der Waals surface area contributed by atoms with Gasteiger partial charge in [-0.2, -0.15) is 22.0 Å². The smallest absolute Gasteiger partial charge is 0.453 e. The van der Waals surface area contributed by atoms with Crippen LogP contribution in [0.4, 0.5) is 22.0 Å². The molecule has 26 heavy (non-hydrogen) atoms. The second kappa shape index (κ2) is 9.85. The number of hydrogen-bond acceptors (Lipinski definition) is 3. The van der Waals surface area contributed by atoms with Crippen molar-refractivity contribution in [1.29, 1.82) is 0 Å². The molecule has 0 amide bonds. The summed E-state index contributed by atoms with van der Waals surface area (Å²) in [6.07, 6.45) is -6.08. The van der Waals surface area contributed by atoms with Gasteiger partial charge in [0, 0.05) is 12.8 Å². The van der Waals surface area contributed by atoms with E-state index in [1.165, 1.54) is 7.11 Å². The van der Waals surface area contributed by atoms with Gasteiger partial charge in [0.25, 0.3) is 0 Å². The van der Waals surface area contributed by atoms with E-state index in [0.717, 1.165) is 18.4 Å². The number of carbonyl (C=O) groups is 1. The molecule has 0 saturated heterocycles. The fourth-order valence-corrected chi connectivity index (χ4v) is 2.43. The van der Waals surface area contributed by atoms with Crippen LogP contribution in [0.2, 0.25) is 0 Å². The fourth-order valence-electron chi connectivity index (χ4n) is 2.43. The molecule has 0 aliphatic rings. The molecular weight excluding hydrogens is 359 g/mol. The van der Waals surface area contributed by atoms with Crippen molar-refractivity contribution < 1.29 is 36.6 Å². The summed E-state index contributed by atoms with van der Waals surface area (Å²) in [6.45, 7) is 0. The van der Waals surface area contributed by atoms with E-state index in [2.05, 4.69) is 4.74 Å². The summed E-state index contributed by atoms with van der Waals surface area (Å²) >= 11 is 0. The van der Waals surface area contributed by atoms with Gasteiger partial charge >= 0.3 is 18.1 Å². The molecule has 0 fully saturated rings. The van der Waals surface area contributed by atoms with Gasteiger partial charge in [0.1, 0.15) is 0 Å². The summed E-state index contributed by atoms with van der Waals surface area (Å²) in [5.74, 6) is -5.00. The number of halogens is 5. The number of ether oxygens (including phenoxy) is 1. The van der Waals surface area contributed by atoms with E-state index in [9.17, 15) is 31.9 Å². The Balaban J connectivity index is 2.39. The largest absolute Gasteiger partial charge is 0.469 e. The number of carbonyl (C=O) groups excluding carboxylic acids is 1. The number of unbranched alkanes of at least 4 members (excludes halogenated alkanes) is 1. The standard InChI is InChI=1S/C18H23F5O3/c1-26-16(25)7-3-2-5-13-8-10-14(11-9-13)15(24)6-4-12-17(19,20)18(21,22)23/h8-11,15,24H,2-7,12H2,1H3. The van der Waals surface area contributed by atoms with Crippen molar-refractivity contribution in [2.24, 2.45) is 0 Å². The van der Waals surface area contributed by atoms with Crippen LogP contribution in [0.1, 0.15) is 55.8 Å². The number of rotatable bonds is 10. The molecule has 0 aliphatic heterocycles. The van der Waals surface area contributed by atoms with Crippen LogP contribution in [0.5, 0.6) is 0 Å². The van der Waals surface area contributed by atoms with E-state index in [1.54, 1.807) is 24.3 Å².